The van der Waals surface area contributed by atoms with Crippen LogP contribution in [0.5, 0.6) is 0 Å². The van der Waals surface area contributed by atoms with Gasteiger partial charge in [-0.25, -0.2) is 0 Å². The fourth-order valence-corrected chi connectivity index (χ4v) is 2.60. The standard InChI is InChI=1S/C11H22ClN.BrH/c1-10(7-5-9-12)6-3-4-8-11(10,2)13;/h3-9,13H2,1-2H3;1H. The quantitative estimate of drug-likeness (QED) is 0.782. The second kappa shape index (κ2) is 5.72. The van der Waals surface area contributed by atoms with Crippen molar-refractivity contribution >= 4 is 28.6 Å². The maximum absolute atomic E-state index is 6.35. The van der Waals surface area contributed by atoms with Gasteiger partial charge in [0, 0.05) is 11.4 Å². The van der Waals surface area contributed by atoms with Crippen LogP contribution in [0, 0.1) is 5.41 Å². The summed E-state index contributed by atoms with van der Waals surface area (Å²) in [5.41, 5.74) is 6.70. The number of hydrogen-bond donors (Lipinski definition) is 1. The van der Waals surface area contributed by atoms with Crippen LogP contribution in [0.25, 0.3) is 0 Å². The fraction of sp³-hybridized carbons (Fsp3) is 1.00. The minimum Gasteiger partial charge on any atom is -0.325 e. The molecule has 0 radical (unpaired) electrons. The zero-order chi connectivity index (χ0) is 9.95. The minimum absolute atomic E-state index is 0. The van der Waals surface area contributed by atoms with Crippen molar-refractivity contribution in [2.45, 2.75) is 57.9 Å². The molecule has 1 aliphatic carbocycles. The average molecular weight is 285 g/mol. The molecule has 0 aromatic rings. The van der Waals surface area contributed by atoms with Gasteiger partial charge in [0.2, 0.25) is 0 Å². The van der Waals surface area contributed by atoms with Gasteiger partial charge in [-0.15, -0.1) is 28.6 Å². The number of nitrogens with two attached hydrogens (primary N) is 1. The van der Waals surface area contributed by atoms with Gasteiger partial charge in [-0.3, -0.25) is 0 Å². The van der Waals surface area contributed by atoms with E-state index in [9.17, 15) is 0 Å². The van der Waals surface area contributed by atoms with E-state index in [-0.39, 0.29) is 22.5 Å². The number of rotatable bonds is 3. The molecule has 0 aromatic carbocycles. The molecular formula is C11H23BrClN. The largest absolute Gasteiger partial charge is 0.325 e. The van der Waals surface area contributed by atoms with Crippen molar-refractivity contribution in [2.24, 2.45) is 11.1 Å². The van der Waals surface area contributed by atoms with E-state index >= 15 is 0 Å². The van der Waals surface area contributed by atoms with Crippen LogP contribution in [-0.4, -0.2) is 11.4 Å². The maximum Gasteiger partial charge on any atom is 0.0223 e. The van der Waals surface area contributed by atoms with Crippen molar-refractivity contribution in [3.8, 4) is 0 Å². The number of halogens is 2. The molecule has 0 aromatic heterocycles. The van der Waals surface area contributed by atoms with Crippen LogP contribution in [0.2, 0.25) is 0 Å². The molecule has 1 aliphatic rings. The molecule has 14 heavy (non-hydrogen) atoms. The van der Waals surface area contributed by atoms with Crippen molar-refractivity contribution in [2.75, 3.05) is 5.88 Å². The first-order valence-corrected chi connectivity index (χ1v) is 5.90. The van der Waals surface area contributed by atoms with Crippen molar-refractivity contribution in [1.29, 1.82) is 0 Å². The van der Waals surface area contributed by atoms with Gasteiger partial charge in [0.25, 0.3) is 0 Å². The normalized spacial score (nSPS) is 37.7. The van der Waals surface area contributed by atoms with Crippen LogP contribution in [0.4, 0.5) is 0 Å². The van der Waals surface area contributed by atoms with Crippen molar-refractivity contribution < 1.29 is 0 Å². The van der Waals surface area contributed by atoms with Crippen LogP contribution >= 0.6 is 28.6 Å². The lowest BCUT2D eigenvalue weighted by Gasteiger charge is -2.48. The van der Waals surface area contributed by atoms with E-state index < -0.39 is 0 Å². The number of hydrogen-bond acceptors (Lipinski definition) is 1. The highest BCUT2D eigenvalue weighted by Crippen LogP contribution is 2.45. The summed E-state index contributed by atoms with van der Waals surface area (Å²) in [5.74, 6) is 0.770. The van der Waals surface area contributed by atoms with Crippen LogP contribution in [0.1, 0.15) is 52.4 Å². The monoisotopic (exact) mass is 283 g/mol. The molecule has 1 rings (SSSR count). The van der Waals surface area contributed by atoms with Crippen LogP contribution in [0.15, 0.2) is 0 Å². The minimum atomic E-state index is 0. The van der Waals surface area contributed by atoms with E-state index in [0.29, 0.717) is 5.41 Å². The van der Waals surface area contributed by atoms with Gasteiger partial charge in [-0.1, -0.05) is 19.8 Å². The van der Waals surface area contributed by atoms with E-state index in [0.717, 1.165) is 12.3 Å². The molecule has 1 saturated carbocycles. The van der Waals surface area contributed by atoms with Gasteiger partial charge < -0.3 is 5.73 Å². The molecule has 0 amide bonds. The van der Waals surface area contributed by atoms with Crippen molar-refractivity contribution in [1.82, 2.24) is 0 Å². The SMILES string of the molecule is Br.CC1(N)CCCCC1(C)CCCCl. The Kier molecular flexibility index (Phi) is 6.01. The summed E-state index contributed by atoms with van der Waals surface area (Å²) in [6.07, 6.45) is 7.37. The maximum atomic E-state index is 6.35. The first-order chi connectivity index (χ1) is 6.02. The predicted octanol–water partition coefficient (Wildman–Crippen LogP) is 3.88. The van der Waals surface area contributed by atoms with E-state index in [1.54, 1.807) is 0 Å². The van der Waals surface area contributed by atoms with Gasteiger partial charge in [0.1, 0.15) is 0 Å². The molecule has 2 atom stereocenters. The first-order valence-electron chi connectivity index (χ1n) is 5.37. The Hall–Kier alpha value is 0.730. The van der Waals surface area contributed by atoms with Gasteiger partial charge in [0.15, 0.2) is 0 Å². The summed E-state index contributed by atoms with van der Waals surface area (Å²) in [6, 6.07) is 0. The van der Waals surface area contributed by atoms with Gasteiger partial charge >= 0.3 is 0 Å². The average Bonchev–Trinajstić information content (AvgIpc) is 2.07. The molecule has 1 fully saturated rings. The first kappa shape index (κ1) is 14.7. The van der Waals surface area contributed by atoms with Gasteiger partial charge in [0.05, 0.1) is 0 Å². The van der Waals surface area contributed by atoms with Crippen LogP contribution in [0.3, 0.4) is 0 Å². The summed E-state index contributed by atoms with van der Waals surface area (Å²) in [6.45, 7) is 4.54. The Balaban J connectivity index is 0.00000169. The molecule has 1 nitrogen and oxygen atoms in total. The Morgan fingerprint density at radius 2 is 1.79 bits per heavy atom. The highest BCUT2D eigenvalue weighted by atomic mass is 79.9. The lowest BCUT2D eigenvalue weighted by Crippen LogP contribution is -2.53. The molecule has 0 bridgehead atoms. The smallest absolute Gasteiger partial charge is 0.0223 e. The lowest BCUT2D eigenvalue weighted by molar-refractivity contribution is 0.0837. The van der Waals surface area contributed by atoms with Crippen LogP contribution < -0.4 is 5.73 Å². The van der Waals surface area contributed by atoms with Gasteiger partial charge in [-0.2, -0.15) is 0 Å². The second-order valence-corrected chi connectivity index (χ2v) is 5.36. The molecule has 0 heterocycles. The molecular weight excluding hydrogens is 261 g/mol. The van der Waals surface area contributed by atoms with Crippen LogP contribution in [-0.2, 0) is 0 Å². The van der Waals surface area contributed by atoms with Crippen molar-refractivity contribution in [3.05, 3.63) is 0 Å². The third-order valence-corrected chi connectivity index (χ3v) is 4.18. The Morgan fingerprint density at radius 3 is 2.29 bits per heavy atom. The third-order valence-electron chi connectivity index (χ3n) is 3.92. The molecule has 0 aliphatic heterocycles. The molecule has 0 saturated heterocycles. The van der Waals surface area contributed by atoms with Gasteiger partial charge in [-0.05, 0) is 38.0 Å². The van der Waals surface area contributed by atoms with E-state index in [4.69, 9.17) is 17.3 Å². The van der Waals surface area contributed by atoms with E-state index in [1.165, 1.54) is 32.1 Å². The zero-order valence-corrected chi connectivity index (χ0v) is 11.8. The lowest BCUT2D eigenvalue weighted by atomic mass is 9.61. The fourth-order valence-electron chi connectivity index (χ4n) is 2.46. The molecule has 3 heteroatoms. The summed E-state index contributed by atoms with van der Waals surface area (Å²) < 4.78 is 0. The molecule has 2 N–H and O–H groups in total. The zero-order valence-electron chi connectivity index (χ0n) is 9.31. The highest BCUT2D eigenvalue weighted by molar-refractivity contribution is 8.93. The molecule has 0 spiro atoms. The Bertz CT molecular complexity index is 173. The predicted molar refractivity (Wildman–Crippen MR) is 69.4 cm³/mol. The second-order valence-electron chi connectivity index (χ2n) is 4.98. The third kappa shape index (κ3) is 3.11. The molecule has 86 valence electrons. The number of alkyl halides is 1. The van der Waals surface area contributed by atoms with E-state index in [2.05, 4.69) is 13.8 Å². The summed E-state index contributed by atoms with van der Waals surface area (Å²) in [7, 11) is 0. The summed E-state index contributed by atoms with van der Waals surface area (Å²) in [5, 5.41) is 0. The van der Waals surface area contributed by atoms with Crippen molar-refractivity contribution in [3.63, 3.8) is 0 Å². The highest BCUT2D eigenvalue weighted by Gasteiger charge is 2.42. The molecule has 2 unspecified atom stereocenters. The summed E-state index contributed by atoms with van der Waals surface area (Å²) >= 11 is 5.74. The topological polar surface area (TPSA) is 26.0 Å². The Morgan fingerprint density at radius 1 is 1.21 bits per heavy atom. The summed E-state index contributed by atoms with van der Waals surface area (Å²) in [4.78, 5) is 0. The van der Waals surface area contributed by atoms with E-state index in [1.807, 2.05) is 0 Å². The Labute approximate surface area is 104 Å².